The summed E-state index contributed by atoms with van der Waals surface area (Å²) in [5.41, 5.74) is 3.93. The minimum Gasteiger partial charge on any atom is -0.478 e. The fraction of sp³-hybridized carbons (Fsp3) is 0.160. The van der Waals surface area contributed by atoms with Crippen LogP contribution in [0.1, 0.15) is 16.1 Å². The molecule has 0 atom stereocenters. The number of carboxylic acid groups (broad SMARTS) is 1. The van der Waals surface area contributed by atoms with E-state index in [0.717, 1.165) is 0 Å². The number of nitrogens with one attached hydrogen (secondary N) is 2. The lowest BCUT2D eigenvalue weighted by Crippen LogP contribution is -2.37. The van der Waals surface area contributed by atoms with Gasteiger partial charge in [-0.05, 0) is 54.6 Å². The maximum Gasteiger partial charge on any atom is 0.337 e. The average Bonchev–Trinajstić information content (AvgIpc) is 3.39. The number of nitrogens with zero attached hydrogens (tertiary/aromatic N) is 5. The zero-order chi connectivity index (χ0) is 26.5. The van der Waals surface area contributed by atoms with Crippen LogP contribution in [0.2, 0.25) is 5.02 Å². The summed E-state index contributed by atoms with van der Waals surface area (Å²) < 4.78 is 24.5. The van der Waals surface area contributed by atoms with Gasteiger partial charge < -0.3 is 24.5 Å². The fourth-order valence-electron chi connectivity index (χ4n) is 3.61. The monoisotopic (exact) mass is 573 g/mol. The number of anilines is 4. The third-order valence-electron chi connectivity index (χ3n) is 5.48. The Morgan fingerprint density at radius 2 is 1.79 bits per heavy atom. The first-order chi connectivity index (χ1) is 18.4. The molecular weight excluding hydrogens is 552 g/mol. The Kier molecular flexibility index (Phi) is 8.92. The summed E-state index contributed by atoms with van der Waals surface area (Å²) in [5.74, 6) is 0.245. The molecular formula is C25H22Cl2FN7O4. The second kappa shape index (κ2) is 12.5. The van der Waals surface area contributed by atoms with Gasteiger partial charge in [-0.3, -0.25) is 0 Å². The third kappa shape index (κ3) is 6.99. The first-order valence-electron chi connectivity index (χ1n) is 11.5. The Bertz CT molecular complexity index is 1480. The zero-order valence-corrected chi connectivity index (χ0v) is 21.7. The maximum atomic E-state index is 13.3. The molecule has 4 aromatic rings. The topological polar surface area (TPSA) is 138 Å². The molecule has 1 aliphatic rings. The van der Waals surface area contributed by atoms with Gasteiger partial charge in [-0.2, -0.15) is 20.1 Å². The highest BCUT2D eigenvalue weighted by Crippen LogP contribution is 2.27. The lowest BCUT2D eigenvalue weighted by molar-refractivity contribution is 0.0697. The van der Waals surface area contributed by atoms with Crippen LogP contribution in [-0.4, -0.2) is 58.5 Å². The number of hydrogen-bond donors (Lipinski definition) is 3. The number of ether oxygens (including phenoxy) is 1. The molecule has 3 N–H and O–H groups in total. The maximum absolute atomic E-state index is 13.3. The molecule has 202 valence electrons. The summed E-state index contributed by atoms with van der Waals surface area (Å²) in [4.78, 5) is 26.6. The molecule has 11 nitrogen and oxygen atoms in total. The summed E-state index contributed by atoms with van der Waals surface area (Å²) in [7, 11) is 0. The van der Waals surface area contributed by atoms with Crippen LogP contribution >= 0.6 is 24.0 Å². The second-order valence-electron chi connectivity index (χ2n) is 8.09. The van der Waals surface area contributed by atoms with Crippen LogP contribution in [0.3, 0.4) is 0 Å². The van der Waals surface area contributed by atoms with Gasteiger partial charge in [0.15, 0.2) is 0 Å². The molecule has 5 rings (SSSR count). The molecule has 0 unspecified atom stereocenters. The van der Waals surface area contributed by atoms with Crippen molar-refractivity contribution in [3.05, 3.63) is 76.8 Å². The van der Waals surface area contributed by atoms with E-state index in [4.69, 9.17) is 20.8 Å². The van der Waals surface area contributed by atoms with Crippen LogP contribution in [0.4, 0.5) is 27.9 Å². The lowest BCUT2D eigenvalue weighted by Gasteiger charge is -2.27. The molecule has 0 amide bonds. The quantitative estimate of drug-likeness (QED) is 0.193. The Balaban J connectivity index is 0.00000353. The van der Waals surface area contributed by atoms with E-state index in [2.05, 4.69) is 30.8 Å². The molecule has 0 aliphatic carbocycles. The number of carbonyl (C=O) groups is 1. The Morgan fingerprint density at radius 1 is 1.05 bits per heavy atom. The van der Waals surface area contributed by atoms with Crippen molar-refractivity contribution in [3.63, 3.8) is 0 Å². The van der Waals surface area contributed by atoms with E-state index in [1.54, 1.807) is 30.3 Å². The largest absolute Gasteiger partial charge is 0.478 e. The average molecular weight is 574 g/mol. The standard InChI is InChI=1S/C25H21ClFN7O4.ClH/c26-20-7-1-15(13-19(20)22(35)36)21-8-6-18(38-21)14-28-33-24-30-23(29-17-4-2-16(27)3-5-17)31-25(32-24)34-9-11-37-12-10-34;/h1-8,13-14H,9-12H2,(H,35,36)(H2,29,30,31,32,33);1H/b28-14-;. The predicted octanol–water partition coefficient (Wildman–Crippen LogP) is 5.07. The highest BCUT2D eigenvalue weighted by atomic mass is 35.5. The van der Waals surface area contributed by atoms with Crippen LogP contribution < -0.4 is 15.6 Å². The van der Waals surface area contributed by atoms with Gasteiger partial charge in [0.1, 0.15) is 17.3 Å². The molecule has 39 heavy (non-hydrogen) atoms. The van der Waals surface area contributed by atoms with Crippen LogP contribution in [0.15, 0.2) is 64.1 Å². The first kappa shape index (κ1) is 27.8. The number of furan rings is 1. The van der Waals surface area contributed by atoms with Gasteiger partial charge in [-0.25, -0.2) is 14.6 Å². The number of rotatable bonds is 8. The minimum atomic E-state index is -1.13. The molecule has 2 aromatic carbocycles. The molecule has 0 bridgehead atoms. The SMILES string of the molecule is Cl.O=C(O)c1cc(-c2ccc(/C=N\Nc3nc(Nc4ccc(F)cc4)nc(N4CCOCC4)n3)o2)ccc1Cl. The second-order valence-corrected chi connectivity index (χ2v) is 8.49. The van der Waals surface area contributed by atoms with Crippen molar-refractivity contribution in [3.8, 4) is 11.3 Å². The van der Waals surface area contributed by atoms with Gasteiger partial charge in [0.05, 0.1) is 30.0 Å². The molecule has 0 spiro atoms. The van der Waals surface area contributed by atoms with Crippen molar-refractivity contribution in [2.75, 3.05) is 41.9 Å². The van der Waals surface area contributed by atoms with Gasteiger partial charge in [0.2, 0.25) is 17.8 Å². The number of aromatic carboxylic acids is 1. The van der Waals surface area contributed by atoms with Crippen molar-refractivity contribution in [2.45, 2.75) is 0 Å². The molecule has 3 heterocycles. The highest BCUT2D eigenvalue weighted by molar-refractivity contribution is 6.33. The van der Waals surface area contributed by atoms with Crippen molar-refractivity contribution < 1.29 is 23.4 Å². The number of aromatic nitrogens is 3. The van der Waals surface area contributed by atoms with Gasteiger partial charge >= 0.3 is 5.97 Å². The van der Waals surface area contributed by atoms with Crippen LogP contribution in [-0.2, 0) is 4.74 Å². The molecule has 1 saturated heterocycles. The van der Waals surface area contributed by atoms with Crippen molar-refractivity contribution in [2.24, 2.45) is 5.10 Å². The molecule has 0 saturated carbocycles. The van der Waals surface area contributed by atoms with Crippen LogP contribution in [0.5, 0.6) is 0 Å². The predicted molar refractivity (Wildman–Crippen MR) is 147 cm³/mol. The summed E-state index contributed by atoms with van der Waals surface area (Å²) in [6.07, 6.45) is 1.43. The summed E-state index contributed by atoms with van der Waals surface area (Å²) in [6, 6.07) is 13.8. The van der Waals surface area contributed by atoms with Gasteiger partial charge in [-0.1, -0.05) is 11.6 Å². The highest BCUT2D eigenvalue weighted by Gasteiger charge is 2.17. The van der Waals surface area contributed by atoms with E-state index in [9.17, 15) is 14.3 Å². The smallest absolute Gasteiger partial charge is 0.337 e. The van der Waals surface area contributed by atoms with E-state index in [1.807, 2.05) is 4.90 Å². The number of hydrogen-bond acceptors (Lipinski definition) is 10. The molecule has 1 fully saturated rings. The number of hydrazone groups is 1. The summed E-state index contributed by atoms with van der Waals surface area (Å²) >= 11 is 5.95. The summed E-state index contributed by atoms with van der Waals surface area (Å²) in [6.45, 7) is 2.34. The lowest BCUT2D eigenvalue weighted by atomic mass is 10.1. The molecule has 14 heteroatoms. The van der Waals surface area contributed by atoms with E-state index in [-0.39, 0.29) is 40.7 Å². The summed E-state index contributed by atoms with van der Waals surface area (Å²) in [5, 5.41) is 16.6. The Hall–Kier alpha value is -4.26. The number of halogens is 3. The van der Waals surface area contributed by atoms with Crippen molar-refractivity contribution in [1.29, 1.82) is 0 Å². The van der Waals surface area contributed by atoms with Gasteiger partial charge in [0.25, 0.3) is 0 Å². The molecule has 1 aliphatic heterocycles. The van der Waals surface area contributed by atoms with E-state index in [1.165, 1.54) is 30.5 Å². The van der Waals surface area contributed by atoms with Crippen LogP contribution in [0, 0.1) is 5.82 Å². The molecule has 0 radical (unpaired) electrons. The number of morpholine rings is 1. The van der Waals surface area contributed by atoms with Crippen molar-refractivity contribution >= 4 is 59.7 Å². The van der Waals surface area contributed by atoms with Gasteiger partial charge in [0, 0.05) is 24.3 Å². The zero-order valence-electron chi connectivity index (χ0n) is 20.2. The van der Waals surface area contributed by atoms with Gasteiger partial charge in [-0.15, -0.1) is 12.4 Å². The minimum absolute atomic E-state index is 0. The normalized spacial score (nSPS) is 13.2. The Morgan fingerprint density at radius 3 is 2.54 bits per heavy atom. The number of carboxylic acids is 1. The molecule has 2 aromatic heterocycles. The van der Waals surface area contributed by atoms with E-state index < -0.39 is 5.97 Å². The Labute approximate surface area is 233 Å². The van der Waals surface area contributed by atoms with E-state index in [0.29, 0.717) is 55.0 Å². The van der Waals surface area contributed by atoms with Crippen LogP contribution in [0.25, 0.3) is 11.3 Å². The number of benzene rings is 2. The fourth-order valence-corrected chi connectivity index (χ4v) is 3.81. The van der Waals surface area contributed by atoms with Crippen molar-refractivity contribution in [1.82, 2.24) is 15.0 Å². The third-order valence-corrected chi connectivity index (χ3v) is 5.81. The first-order valence-corrected chi connectivity index (χ1v) is 11.9. The van der Waals surface area contributed by atoms with E-state index >= 15 is 0 Å².